The van der Waals surface area contributed by atoms with E-state index in [-0.39, 0.29) is 0 Å². The molecule has 218 valence electrons. The van der Waals surface area contributed by atoms with E-state index in [9.17, 15) is 0 Å². The van der Waals surface area contributed by atoms with Crippen molar-refractivity contribution in [2.45, 2.75) is 0 Å². The summed E-state index contributed by atoms with van der Waals surface area (Å²) in [7, 11) is 0. The van der Waals surface area contributed by atoms with E-state index in [1.54, 1.807) is 0 Å². The zero-order chi connectivity index (χ0) is 31.2. The van der Waals surface area contributed by atoms with Crippen LogP contribution in [-0.4, -0.2) is 15.0 Å². The largest absolute Gasteiger partial charge is 0.208 e. The summed E-state index contributed by atoms with van der Waals surface area (Å²) in [6.07, 6.45) is 0. The van der Waals surface area contributed by atoms with E-state index in [0.717, 1.165) is 38.6 Å². The highest BCUT2D eigenvalue weighted by Crippen LogP contribution is 2.40. The fourth-order valence-electron chi connectivity index (χ4n) is 6.30. The molecule has 0 unspecified atom stereocenters. The molecule has 3 nitrogen and oxygen atoms in total. The fraction of sp³-hybridized carbons (Fsp3) is 0. The molecule has 47 heavy (non-hydrogen) atoms. The summed E-state index contributed by atoms with van der Waals surface area (Å²) < 4.78 is 2.63. The molecule has 7 aromatic carbocycles. The monoisotopic (exact) mass is 615 g/mol. The van der Waals surface area contributed by atoms with Gasteiger partial charge >= 0.3 is 0 Å². The van der Waals surface area contributed by atoms with Crippen LogP contribution in [0.15, 0.2) is 152 Å². The third-order valence-electron chi connectivity index (χ3n) is 8.64. The minimum absolute atomic E-state index is 0.622. The van der Waals surface area contributed by atoms with Gasteiger partial charge in [0.2, 0.25) is 0 Å². The SMILES string of the molecule is c1cc2ccc(-c3ccc(-c4ccc5sc6ccccc6c5c4)cc3)c(-c3nc(-c4ccccc4)nc(-c4ccccc4)n3)c2cc#1. The van der Waals surface area contributed by atoms with Crippen molar-refractivity contribution in [3.05, 3.63) is 164 Å². The van der Waals surface area contributed by atoms with Gasteiger partial charge in [0.25, 0.3) is 0 Å². The van der Waals surface area contributed by atoms with Crippen LogP contribution in [0.2, 0.25) is 0 Å². The molecule has 0 fully saturated rings. The van der Waals surface area contributed by atoms with Gasteiger partial charge in [0, 0.05) is 42.2 Å². The summed E-state index contributed by atoms with van der Waals surface area (Å²) in [5.74, 6) is 1.89. The maximum Gasteiger partial charge on any atom is 0.165 e. The molecule has 0 saturated heterocycles. The molecule has 9 rings (SSSR count). The first-order valence-electron chi connectivity index (χ1n) is 15.5. The number of fused-ring (bicyclic) bond motifs is 4. The average Bonchev–Trinajstić information content (AvgIpc) is 3.53. The first-order chi connectivity index (χ1) is 23.3. The molecule has 0 radical (unpaired) electrons. The van der Waals surface area contributed by atoms with Gasteiger partial charge in [-0.1, -0.05) is 133 Å². The van der Waals surface area contributed by atoms with Gasteiger partial charge in [-0.15, -0.1) is 11.3 Å². The molecule has 0 atom stereocenters. The topological polar surface area (TPSA) is 38.7 Å². The average molecular weight is 616 g/mol. The predicted octanol–water partition coefficient (Wildman–Crippen LogP) is 11.3. The van der Waals surface area contributed by atoms with Crippen molar-refractivity contribution in [3.63, 3.8) is 0 Å². The van der Waals surface area contributed by atoms with Crippen LogP contribution in [0.3, 0.4) is 0 Å². The van der Waals surface area contributed by atoms with Crippen LogP contribution in [0.5, 0.6) is 0 Å². The van der Waals surface area contributed by atoms with Gasteiger partial charge < -0.3 is 0 Å². The molecule has 0 bridgehead atoms. The molecular formula is C43H25N3S. The normalized spacial score (nSPS) is 11.2. The molecule has 0 aliphatic carbocycles. The lowest BCUT2D eigenvalue weighted by atomic mass is 9.92. The van der Waals surface area contributed by atoms with E-state index in [1.807, 2.05) is 84.1 Å². The highest BCUT2D eigenvalue weighted by Gasteiger charge is 2.18. The lowest BCUT2D eigenvalue weighted by Gasteiger charge is -2.15. The highest BCUT2D eigenvalue weighted by atomic mass is 32.1. The zero-order valence-corrected chi connectivity index (χ0v) is 26.0. The van der Waals surface area contributed by atoms with Crippen LogP contribution < -0.4 is 0 Å². The lowest BCUT2D eigenvalue weighted by molar-refractivity contribution is 1.08. The van der Waals surface area contributed by atoms with Crippen molar-refractivity contribution >= 4 is 42.3 Å². The first kappa shape index (κ1) is 27.2. The van der Waals surface area contributed by atoms with Gasteiger partial charge in [-0.25, -0.2) is 15.0 Å². The van der Waals surface area contributed by atoms with E-state index in [4.69, 9.17) is 15.0 Å². The molecule has 0 aliphatic heterocycles. The lowest BCUT2D eigenvalue weighted by Crippen LogP contribution is -2.01. The molecule has 0 aliphatic rings. The third-order valence-corrected chi connectivity index (χ3v) is 9.79. The first-order valence-corrected chi connectivity index (χ1v) is 16.3. The van der Waals surface area contributed by atoms with Crippen molar-refractivity contribution in [2.75, 3.05) is 0 Å². The molecule has 0 saturated carbocycles. The van der Waals surface area contributed by atoms with Crippen molar-refractivity contribution in [2.24, 2.45) is 0 Å². The Labute approximate surface area is 276 Å². The minimum Gasteiger partial charge on any atom is -0.208 e. The minimum atomic E-state index is 0.622. The number of hydrogen-bond donors (Lipinski definition) is 0. The number of hydrogen-bond acceptors (Lipinski definition) is 4. The molecule has 0 spiro atoms. The van der Waals surface area contributed by atoms with Crippen molar-refractivity contribution < 1.29 is 0 Å². The van der Waals surface area contributed by atoms with Crippen molar-refractivity contribution in [1.29, 1.82) is 0 Å². The van der Waals surface area contributed by atoms with Crippen LogP contribution in [0.4, 0.5) is 0 Å². The number of thiophene rings is 1. The van der Waals surface area contributed by atoms with E-state index in [0.29, 0.717) is 17.5 Å². The van der Waals surface area contributed by atoms with Gasteiger partial charge in [-0.2, -0.15) is 0 Å². The van der Waals surface area contributed by atoms with Gasteiger partial charge in [0.15, 0.2) is 17.5 Å². The molecule has 2 heterocycles. The van der Waals surface area contributed by atoms with E-state index >= 15 is 0 Å². The number of rotatable bonds is 5. The van der Waals surface area contributed by atoms with E-state index < -0.39 is 0 Å². The molecule has 9 aromatic rings. The Morgan fingerprint density at radius 1 is 0.404 bits per heavy atom. The van der Waals surface area contributed by atoms with E-state index in [1.165, 1.54) is 31.3 Å². The van der Waals surface area contributed by atoms with Gasteiger partial charge in [0.1, 0.15) is 0 Å². The van der Waals surface area contributed by atoms with Gasteiger partial charge in [0.05, 0.1) is 0 Å². The van der Waals surface area contributed by atoms with E-state index in [2.05, 4.69) is 91.0 Å². The summed E-state index contributed by atoms with van der Waals surface area (Å²) >= 11 is 1.84. The Kier molecular flexibility index (Phi) is 6.56. The summed E-state index contributed by atoms with van der Waals surface area (Å²) in [5.41, 5.74) is 7.34. The van der Waals surface area contributed by atoms with Crippen LogP contribution in [0.1, 0.15) is 0 Å². The summed E-state index contributed by atoms with van der Waals surface area (Å²) in [5, 5.41) is 4.68. The zero-order valence-electron chi connectivity index (χ0n) is 25.2. The smallest absolute Gasteiger partial charge is 0.165 e. The van der Waals surface area contributed by atoms with Crippen LogP contribution in [0, 0.1) is 12.1 Å². The second kappa shape index (κ2) is 11.3. The summed E-state index contributed by atoms with van der Waals surface area (Å²) in [6, 6.07) is 59.0. The van der Waals surface area contributed by atoms with Gasteiger partial charge in [-0.3, -0.25) is 0 Å². The molecule has 4 heteroatoms. The highest BCUT2D eigenvalue weighted by molar-refractivity contribution is 7.25. The standard InChI is InChI=1S/C43H25N3S/c1-3-12-31(13-4-1)41-44-42(32-14-5-2-6-15-32)46-43(45-41)40-34-16-8-7-11-29(34)23-25-35(40)30-21-19-28(20-22-30)33-24-26-39-37(27-33)36-17-9-10-18-38(36)47-39/h1-6,9-27H. The Morgan fingerprint density at radius 3 is 1.74 bits per heavy atom. The Hall–Kier alpha value is -6.15. The fourth-order valence-corrected chi connectivity index (χ4v) is 7.39. The number of nitrogens with zero attached hydrogens (tertiary/aromatic N) is 3. The summed E-state index contributed by atoms with van der Waals surface area (Å²) in [4.78, 5) is 15.1. The Morgan fingerprint density at radius 2 is 1.00 bits per heavy atom. The predicted molar refractivity (Wildman–Crippen MR) is 195 cm³/mol. The second-order valence-electron chi connectivity index (χ2n) is 11.5. The Balaban J connectivity index is 1.21. The van der Waals surface area contributed by atoms with Crippen LogP contribution >= 0.6 is 11.3 Å². The summed E-state index contributed by atoms with van der Waals surface area (Å²) in [6.45, 7) is 0. The quantitative estimate of drug-likeness (QED) is 0.193. The number of benzene rings is 6. The molecule has 0 N–H and O–H groups in total. The van der Waals surface area contributed by atoms with Crippen molar-refractivity contribution in [3.8, 4) is 56.4 Å². The maximum atomic E-state index is 5.10. The molecular weight excluding hydrogens is 591 g/mol. The van der Waals surface area contributed by atoms with Crippen LogP contribution in [0.25, 0.3) is 87.4 Å². The van der Waals surface area contributed by atoms with Crippen LogP contribution in [-0.2, 0) is 0 Å². The van der Waals surface area contributed by atoms with Gasteiger partial charge in [-0.05, 0) is 58.0 Å². The second-order valence-corrected chi connectivity index (χ2v) is 12.6. The molecule has 0 amide bonds. The third kappa shape index (κ3) is 4.91. The maximum absolute atomic E-state index is 5.10. The molecule has 2 aromatic heterocycles. The Bertz CT molecular complexity index is 2500. The van der Waals surface area contributed by atoms with Crippen molar-refractivity contribution in [1.82, 2.24) is 15.0 Å². The number of aromatic nitrogens is 3.